The lowest BCUT2D eigenvalue weighted by Crippen LogP contribution is -2.51. The van der Waals surface area contributed by atoms with Crippen LogP contribution in [0.25, 0.3) is 0 Å². The van der Waals surface area contributed by atoms with Crippen LogP contribution in [0.15, 0.2) is 30.3 Å². The van der Waals surface area contributed by atoms with Gasteiger partial charge in [0.05, 0.1) is 4.88 Å². The van der Waals surface area contributed by atoms with Crippen molar-refractivity contribution in [2.24, 2.45) is 5.92 Å². The molecule has 7 heteroatoms. The molecule has 2 aliphatic rings. The maximum absolute atomic E-state index is 13.1. The van der Waals surface area contributed by atoms with Crippen molar-refractivity contribution in [3.8, 4) is 0 Å². The molecule has 1 aliphatic carbocycles. The van der Waals surface area contributed by atoms with Crippen molar-refractivity contribution in [3.63, 3.8) is 0 Å². The Morgan fingerprint density at radius 2 is 1.90 bits per heavy atom. The van der Waals surface area contributed by atoms with E-state index in [0.717, 1.165) is 61.0 Å². The average molecular weight is 432 g/mol. The van der Waals surface area contributed by atoms with Gasteiger partial charge < -0.3 is 14.7 Å². The second kappa shape index (κ2) is 8.36. The predicted octanol–water partition coefficient (Wildman–Crippen LogP) is 3.56. The lowest BCUT2D eigenvalue weighted by atomic mass is 9.87. The fourth-order valence-electron chi connectivity index (χ4n) is 4.18. The first kappa shape index (κ1) is 20.2. The molecule has 2 amide bonds. The number of amides is 2. The third-order valence-corrected chi connectivity index (χ3v) is 7.27. The number of hydrogen-bond donors (Lipinski definition) is 0. The van der Waals surface area contributed by atoms with E-state index in [2.05, 4.69) is 11.0 Å². The van der Waals surface area contributed by atoms with E-state index in [1.807, 2.05) is 29.2 Å². The van der Waals surface area contributed by atoms with Crippen molar-refractivity contribution in [1.29, 1.82) is 0 Å². The van der Waals surface area contributed by atoms with Crippen molar-refractivity contribution in [2.45, 2.75) is 19.3 Å². The summed E-state index contributed by atoms with van der Waals surface area (Å²) < 4.78 is 0. The molecule has 154 valence electrons. The van der Waals surface area contributed by atoms with Gasteiger partial charge in [-0.3, -0.25) is 9.59 Å². The van der Waals surface area contributed by atoms with Crippen LogP contribution in [0.1, 0.15) is 26.5 Å². The first-order valence-corrected chi connectivity index (χ1v) is 11.2. The second-order valence-corrected chi connectivity index (χ2v) is 9.56. The first-order chi connectivity index (χ1) is 13.9. The molecule has 1 aromatic heterocycles. The van der Waals surface area contributed by atoms with E-state index >= 15 is 0 Å². The number of rotatable bonds is 3. The van der Waals surface area contributed by atoms with Gasteiger partial charge in [-0.1, -0.05) is 17.7 Å². The molecule has 5 nitrogen and oxygen atoms in total. The number of fused-ring (bicyclic) bond motifs is 1. The molecule has 4 rings (SSSR count). The Morgan fingerprint density at radius 3 is 2.59 bits per heavy atom. The van der Waals surface area contributed by atoms with Crippen LogP contribution in [0, 0.1) is 5.92 Å². The van der Waals surface area contributed by atoms with Gasteiger partial charge in [-0.2, -0.15) is 0 Å². The quantitative estimate of drug-likeness (QED) is 0.746. The van der Waals surface area contributed by atoms with Crippen molar-refractivity contribution < 1.29 is 9.59 Å². The van der Waals surface area contributed by atoms with E-state index < -0.39 is 0 Å². The molecular formula is C22H26ClN3O2S. The highest BCUT2D eigenvalue weighted by Crippen LogP contribution is 2.34. The third kappa shape index (κ3) is 4.28. The number of benzene rings is 1. The van der Waals surface area contributed by atoms with Crippen molar-refractivity contribution in [3.05, 3.63) is 50.7 Å². The van der Waals surface area contributed by atoms with E-state index in [9.17, 15) is 9.59 Å². The van der Waals surface area contributed by atoms with Crippen LogP contribution in [0.2, 0.25) is 5.02 Å². The van der Waals surface area contributed by atoms with Crippen LogP contribution in [-0.4, -0.2) is 61.9 Å². The van der Waals surface area contributed by atoms with E-state index in [1.165, 1.54) is 10.4 Å². The summed E-state index contributed by atoms with van der Waals surface area (Å²) in [6.07, 6.45) is 2.51. The summed E-state index contributed by atoms with van der Waals surface area (Å²) in [5.41, 5.74) is 2.30. The number of thiophene rings is 1. The molecule has 1 saturated heterocycles. The maximum Gasteiger partial charge on any atom is 0.263 e. The van der Waals surface area contributed by atoms with E-state index in [1.54, 1.807) is 30.3 Å². The van der Waals surface area contributed by atoms with Gasteiger partial charge in [0.25, 0.3) is 5.91 Å². The highest BCUT2D eigenvalue weighted by Gasteiger charge is 2.32. The van der Waals surface area contributed by atoms with Crippen LogP contribution in [0.3, 0.4) is 0 Å². The highest BCUT2D eigenvalue weighted by molar-refractivity contribution is 7.14. The molecule has 2 aromatic rings. The van der Waals surface area contributed by atoms with Crippen LogP contribution in [-0.2, 0) is 17.6 Å². The summed E-state index contributed by atoms with van der Waals surface area (Å²) >= 11 is 7.70. The van der Waals surface area contributed by atoms with Crippen LogP contribution < -0.4 is 4.90 Å². The van der Waals surface area contributed by atoms with Gasteiger partial charge in [0.1, 0.15) is 0 Å². The summed E-state index contributed by atoms with van der Waals surface area (Å²) in [5, 5.41) is 0.738. The average Bonchev–Trinajstić information content (AvgIpc) is 3.16. The Bertz CT molecular complexity index is 919. The minimum atomic E-state index is 0.0251. The highest BCUT2D eigenvalue weighted by atomic mass is 35.5. The molecule has 2 heterocycles. The Kier molecular flexibility index (Phi) is 5.83. The number of halogens is 1. The predicted molar refractivity (Wildman–Crippen MR) is 118 cm³/mol. The maximum atomic E-state index is 13.1. The molecular weight excluding hydrogens is 406 g/mol. The number of piperazine rings is 1. The SMILES string of the molecule is CN(C)C(=O)c1cc2c(s1)CCC(C(=O)N1CCN(c3cccc(Cl)c3)CC1)C2. The summed E-state index contributed by atoms with van der Waals surface area (Å²) in [6, 6.07) is 9.88. The monoisotopic (exact) mass is 431 g/mol. The van der Waals surface area contributed by atoms with E-state index in [0.29, 0.717) is 0 Å². The zero-order valence-corrected chi connectivity index (χ0v) is 18.4. The number of carbonyl (C=O) groups is 2. The molecule has 29 heavy (non-hydrogen) atoms. The fraction of sp³-hybridized carbons (Fsp3) is 0.455. The number of nitrogens with zero attached hydrogens (tertiary/aromatic N) is 3. The molecule has 0 saturated carbocycles. The molecule has 1 aliphatic heterocycles. The van der Waals surface area contributed by atoms with Gasteiger partial charge in [-0.15, -0.1) is 11.3 Å². The van der Waals surface area contributed by atoms with E-state index in [4.69, 9.17) is 11.6 Å². The zero-order chi connectivity index (χ0) is 20.5. The Balaban J connectivity index is 1.37. The topological polar surface area (TPSA) is 43.9 Å². The van der Waals surface area contributed by atoms with Gasteiger partial charge in [0, 0.05) is 61.8 Å². The van der Waals surface area contributed by atoms with Gasteiger partial charge in [0.15, 0.2) is 0 Å². The second-order valence-electron chi connectivity index (χ2n) is 7.99. The number of aryl methyl sites for hydroxylation is 1. The van der Waals surface area contributed by atoms with Crippen LogP contribution in [0.5, 0.6) is 0 Å². The van der Waals surface area contributed by atoms with Gasteiger partial charge in [0.2, 0.25) is 5.91 Å². The van der Waals surface area contributed by atoms with Gasteiger partial charge in [-0.05, 0) is 49.1 Å². The van der Waals surface area contributed by atoms with Gasteiger partial charge in [-0.25, -0.2) is 0 Å². The van der Waals surface area contributed by atoms with Crippen LogP contribution >= 0.6 is 22.9 Å². The summed E-state index contributed by atoms with van der Waals surface area (Å²) in [6.45, 7) is 3.12. The molecule has 0 N–H and O–H groups in total. The zero-order valence-electron chi connectivity index (χ0n) is 16.9. The Hall–Kier alpha value is -2.05. The van der Waals surface area contributed by atoms with Crippen LogP contribution in [0.4, 0.5) is 5.69 Å². The van der Waals surface area contributed by atoms with Crippen molar-refractivity contribution in [2.75, 3.05) is 45.2 Å². The summed E-state index contributed by atoms with van der Waals surface area (Å²) in [4.78, 5) is 33.3. The lowest BCUT2D eigenvalue weighted by molar-refractivity contribution is -0.136. The van der Waals surface area contributed by atoms with Crippen molar-refractivity contribution in [1.82, 2.24) is 9.80 Å². The third-order valence-electron chi connectivity index (χ3n) is 5.81. The standard InChI is InChI=1S/C22H26ClN3O2S/c1-24(2)22(28)20-13-16-12-15(6-7-19(16)29-20)21(27)26-10-8-25(9-11-26)18-5-3-4-17(23)14-18/h3-5,13-15H,6-12H2,1-2H3. The Morgan fingerprint density at radius 1 is 1.14 bits per heavy atom. The lowest BCUT2D eigenvalue weighted by Gasteiger charge is -2.38. The minimum absolute atomic E-state index is 0.0251. The molecule has 1 fully saturated rings. The molecule has 0 spiro atoms. The normalized spacial score (nSPS) is 19.1. The largest absolute Gasteiger partial charge is 0.368 e. The first-order valence-electron chi connectivity index (χ1n) is 10.0. The summed E-state index contributed by atoms with van der Waals surface area (Å²) in [7, 11) is 3.55. The van der Waals surface area contributed by atoms with Gasteiger partial charge >= 0.3 is 0 Å². The fourth-order valence-corrected chi connectivity index (χ4v) is 5.59. The molecule has 0 bridgehead atoms. The summed E-state index contributed by atoms with van der Waals surface area (Å²) in [5.74, 6) is 0.328. The number of anilines is 1. The number of hydrogen-bond acceptors (Lipinski definition) is 4. The Labute approximate surface area is 180 Å². The minimum Gasteiger partial charge on any atom is -0.368 e. The molecule has 0 radical (unpaired) electrons. The molecule has 1 aromatic carbocycles. The smallest absolute Gasteiger partial charge is 0.263 e. The number of carbonyl (C=O) groups excluding carboxylic acids is 2. The molecule has 1 atom stereocenters. The van der Waals surface area contributed by atoms with E-state index in [-0.39, 0.29) is 17.7 Å². The van der Waals surface area contributed by atoms with Crippen molar-refractivity contribution >= 4 is 40.4 Å². The molecule has 1 unspecified atom stereocenters.